The summed E-state index contributed by atoms with van der Waals surface area (Å²) in [5.74, 6) is 1.16. The molecule has 0 spiro atoms. The van der Waals surface area contributed by atoms with Crippen molar-refractivity contribution in [3.05, 3.63) is 22.2 Å². The number of hydrogen-bond donors (Lipinski definition) is 2. The average Bonchev–Trinajstić information content (AvgIpc) is 2.39. The molecule has 2 rings (SSSR count). The van der Waals surface area contributed by atoms with E-state index in [0.717, 1.165) is 19.3 Å². The van der Waals surface area contributed by atoms with Crippen molar-refractivity contribution < 1.29 is 4.92 Å². The minimum absolute atomic E-state index is 0.00498. The predicted molar refractivity (Wildman–Crippen MR) is 75.0 cm³/mol. The highest BCUT2D eigenvalue weighted by Crippen LogP contribution is 2.31. The quantitative estimate of drug-likeness (QED) is 0.644. The molecule has 1 saturated carbocycles. The number of nitrogens with one attached hydrogen (secondary N) is 1. The van der Waals surface area contributed by atoms with Crippen LogP contribution in [-0.2, 0) is 0 Å². The number of nitrogens with two attached hydrogens (primary N) is 1. The van der Waals surface area contributed by atoms with Crippen molar-refractivity contribution in [1.82, 2.24) is 4.98 Å². The van der Waals surface area contributed by atoms with Gasteiger partial charge in [0.25, 0.3) is 0 Å². The van der Waals surface area contributed by atoms with E-state index >= 15 is 0 Å². The van der Waals surface area contributed by atoms with Crippen molar-refractivity contribution in [2.45, 2.75) is 45.1 Å². The Morgan fingerprint density at radius 1 is 1.47 bits per heavy atom. The van der Waals surface area contributed by atoms with Crippen molar-refractivity contribution in [3.63, 3.8) is 0 Å². The Hall–Kier alpha value is -1.85. The highest BCUT2D eigenvalue weighted by atomic mass is 16.6. The second-order valence-electron chi connectivity index (χ2n) is 5.06. The summed E-state index contributed by atoms with van der Waals surface area (Å²) in [6.45, 7) is 2.16. The lowest BCUT2D eigenvalue weighted by Gasteiger charge is -2.31. The van der Waals surface area contributed by atoms with E-state index in [1.54, 1.807) is 0 Å². The van der Waals surface area contributed by atoms with Crippen LogP contribution >= 0.6 is 0 Å². The molecule has 1 aromatic rings. The van der Waals surface area contributed by atoms with Gasteiger partial charge in [0.1, 0.15) is 5.82 Å². The zero-order valence-corrected chi connectivity index (χ0v) is 11.1. The third-order valence-corrected chi connectivity index (χ3v) is 3.85. The Morgan fingerprint density at radius 2 is 2.21 bits per heavy atom. The van der Waals surface area contributed by atoms with Crippen LogP contribution in [0.5, 0.6) is 0 Å². The first-order valence-electron chi connectivity index (χ1n) is 6.79. The molecule has 1 aliphatic rings. The SMILES string of the molecule is CCC1CCCCC1Nc1nc(N)ccc1[N+](=O)[O-]. The van der Waals surface area contributed by atoms with Crippen LogP contribution in [0.4, 0.5) is 17.3 Å². The first-order valence-corrected chi connectivity index (χ1v) is 6.79. The van der Waals surface area contributed by atoms with Crippen LogP contribution in [0, 0.1) is 16.0 Å². The average molecular weight is 264 g/mol. The zero-order chi connectivity index (χ0) is 13.8. The monoisotopic (exact) mass is 264 g/mol. The molecule has 0 saturated heterocycles. The second-order valence-corrected chi connectivity index (χ2v) is 5.06. The number of pyridine rings is 1. The molecule has 2 unspecified atom stereocenters. The van der Waals surface area contributed by atoms with Crippen molar-refractivity contribution in [1.29, 1.82) is 0 Å². The van der Waals surface area contributed by atoms with E-state index < -0.39 is 4.92 Å². The van der Waals surface area contributed by atoms with Gasteiger partial charge in [-0.15, -0.1) is 0 Å². The molecule has 104 valence electrons. The lowest BCUT2D eigenvalue weighted by molar-refractivity contribution is -0.384. The normalized spacial score (nSPS) is 23.0. The van der Waals surface area contributed by atoms with Gasteiger partial charge < -0.3 is 11.1 Å². The topological polar surface area (TPSA) is 94.1 Å². The van der Waals surface area contributed by atoms with E-state index in [1.807, 2.05) is 0 Å². The largest absolute Gasteiger partial charge is 0.384 e. The van der Waals surface area contributed by atoms with Gasteiger partial charge in [-0.05, 0) is 24.8 Å². The first kappa shape index (κ1) is 13.6. The van der Waals surface area contributed by atoms with Crippen LogP contribution in [0.2, 0.25) is 0 Å². The van der Waals surface area contributed by atoms with Crippen LogP contribution in [-0.4, -0.2) is 15.9 Å². The van der Waals surface area contributed by atoms with Gasteiger partial charge in [0.15, 0.2) is 0 Å². The summed E-state index contributed by atoms with van der Waals surface area (Å²) in [4.78, 5) is 14.7. The Morgan fingerprint density at radius 3 is 2.89 bits per heavy atom. The Kier molecular flexibility index (Phi) is 4.19. The molecule has 3 N–H and O–H groups in total. The van der Waals surface area contributed by atoms with Crippen molar-refractivity contribution in [3.8, 4) is 0 Å². The van der Waals surface area contributed by atoms with E-state index in [0.29, 0.717) is 17.6 Å². The van der Waals surface area contributed by atoms with Crippen LogP contribution in [0.3, 0.4) is 0 Å². The summed E-state index contributed by atoms with van der Waals surface area (Å²) in [6, 6.07) is 3.13. The molecular weight excluding hydrogens is 244 g/mol. The van der Waals surface area contributed by atoms with Crippen LogP contribution < -0.4 is 11.1 Å². The van der Waals surface area contributed by atoms with Gasteiger partial charge in [-0.2, -0.15) is 0 Å². The van der Waals surface area contributed by atoms with Crippen molar-refractivity contribution in [2.24, 2.45) is 5.92 Å². The number of nitro groups is 1. The van der Waals surface area contributed by atoms with Gasteiger partial charge in [0.05, 0.1) is 4.92 Å². The van der Waals surface area contributed by atoms with Crippen molar-refractivity contribution in [2.75, 3.05) is 11.1 Å². The number of rotatable bonds is 4. The summed E-state index contributed by atoms with van der Waals surface area (Å²) in [7, 11) is 0. The molecule has 0 aromatic carbocycles. The minimum atomic E-state index is -0.418. The summed E-state index contributed by atoms with van der Waals surface area (Å²) < 4.78 is 0. The molecule has 6 heteroatoms. The highest BCUT2D eigenvalue weighted by molar-refractivity contribution is 5.59. The molecule has 1 aliphatic carbocycles. The van der Waals surface area contributed by atoms with Gasteiger partial charge in [-0.1, -0.05) is 26.2 Å². The summed E-state index contributed by atoms with van der Waals surface area (Å²) >= 11 is 0. The minimum Gasteiger partial charge on any atom is -0.384 e. The van der Waals surface area contributed by atoms with Gasteiger partial charge in [-0.3, -0.25) is 10.1 Å². The smallest absolute Gasteiger partial charge is 0.311 e. The first-order chi connectivity index (χ1) is 9.11. The number of hydrogen-bond acceptors (Lipinski definition) is 5. The third kappa shape index (κ3) is 3.13. The van der Waals surface area contributed by atoms with Crippen LogP contribution in [0.15, 0.2) is 12.1 Å². The van der Waals surface area contributed by atoms with E-state index in [9.17, 15) is 10.1 Å². The zero-order valence-electron chi connectivity index (χ0n) is 11.1. The number of nitrogens with zero attached hydrogens (tertiary/aromatic N) is 2. The fourth-order valence-electron chi connectivity index (χ4n) is 2.78. The molecule has 0 amide bonds. The third-order valence-electron chi connectivity index (χ3n) is 3.85. The molecule has 0 radical (unpaired) electrons. The molecule has 1 aromatic heterocycles. The molecule has 1 heterocycles. The number of aromatic nitrogens is 1. The molecule has 19 heavy (non-hydrogen) atoms. The number of nitrogen functional groups attached to an aromatic ring is 1. The lowest BCUT2D eigenvalue weighted by atomic mass is 9.83. The fraction of sp³-hybridized carbons (Fsp3) is 0.615. The predicted octanol–water partition coefficient (Wildman–Crippen LogP) is 2.95. The maximum atomic E-state index is 11.0. The molecular formula is C13H20N4O2. The lowest BCUT2D eigenvalue weighted by Crippen LogP contribution is -2.32. The second kappa shape index (κ2) is 5.86. The van der Waals surface area contributed by atoms with Crippen LogP contribution in [0.1, 0.15) is 39.0 Å². The Bertz CT molecular complexity index is 464. The van der Waals surface area contributed by atoms with Gasteiger partial charge in [0.2, 0.25) is 5.82 Å². The molecule has 0 aliphatic heterocycles. The summed E-state index contributed by atoms with van der Waals surface area (Å²) in [5.41, 5.74) is 5.62. The van der Waals surface area contributed by atoms with Crippen LogP contribution in [0.25, 0.3) is 0 Å². The molecule has 2 atom stereocenters. The molecule has 6 nitrogen and oxygen atoms in total. The number of anilines is 2. The van der Waals surface area contributed by atoms with Gasteiger partial charge in [-0.25, -0.2) is 4.98 Å². The van der Waals surface area contributed by atoms with E-state index in [1.165, 1.54) is 25.0 Å². The molecule has 1 fully saturated rings. The van der Waals surface area contributed by atoms with Crippen molar-refractivity contribution >= 4 is 17.3 Å². The van der Waals surface area contributed by atoms with E-state index in [4.69, 9.17) is 5.73 Å². The Labute approximate surface area is 112 Å². The molecule has 0 bridgehead atoms. The van der Waals surface area contributed by atoms with E-state index in [2.05, 4.69) is 17.2 Å². The summed E-state index contributed by atoms with van der Waals surface area (Å²) in [5, 5.41) is 14.3. The summed E-state index contributed by atoms with van der Waals surface area (Å²) in [6.07, 6.45) is 5.68. The highest BCUT2D eigenvalue weighted by Gasteiger charge is 2.26. The maximum Gasteiger partial charge on any atom is 0.311 e. The van der Waals surface area contributed by atoms with E-state index in [-0.39, 0.29) is 11.7 Å². The maximum absolute atomic E-state index is 11.0. The van der Waals surface area contributed by atoms with Gasteiger partial charge in [0, 0.05) is 12.1 Å². The fourth-order valence-corrected chi connectivity index (χ4v) is 2.78. The van der Waals surface area contributed by atoms with Gasteiger partial charge >= 0.3 is 5.69 Å². The standard InChI is InChI=1S/C13H20N4O2/c1-2-9-5-3-4-6-10(9)15-13-11(17(18)19)7-8-12(14)16-13/h7-10H,2-6H2,1H3,(H3,14,15,16). The Balaban J connectivity index is 2.21.